The van der Waals surface area contributed by atoms with Gasteiger partial charge in [-0.05, 0) is 26.9 Å². The maximum absolute atomic E-state index is 11.9. The normalized spacial score (nSPS) is 12.7. The maximum atomic E-state index is 11.9. The second-order valence-corrected chi connectivity index (χ2v) is 5.47. The van der Waals surface area contributed by atoms with Crippen LogP contribution in [0.25, 0.3) is 0 Å². The molecule has 108 valence electrons. The highest BCUT2D eigenvalue weighted by Gasteiger charge is 2.14. The number of unbranched alkanes of at least 4 members (excludes halogenated alkanes) is 1. The zero-order valence-corrected chi connectivity index (χ0v) is 13.9. The van der Waals surface area contributed by atoms with Crippen LogP contribution in [0.4, 0.5) is 0 Å². The van der Waals surface area contributed by atoms with Gasteiger partial charge in [-0.1, -0.05) is 41.1 Å². The monoisotopic (exact) mass is 379 g/mol. The first kappa shape index (κ1) is 16.4. The van der Waals surface area contributed by atoms with Gasteiger partial charge in [-0.2, -0.15) is 0 Å². The summed E-state index contributed by atoms with van der Waals surface area (Å²) in [6.45, 7) is 5.95. The van der Waals surface area contributed by atoms with Crippen molar-refractivity contribution in [3.05, 3.63) is 17.5 Å². The minimum Gasteiger partial charge on any atom is -0.360 e. The molecule has 1 amide bonds. The number of nitrogens with one attached hydrogen (secondary N) is 1. The highest BCUT2D eigenvalue weighted by molar-refractivity contribution is 14.1. The lowest BCUT2D eigenvalue weighted by molar-refractivity contribution is 0.0931. The number of carbonyl (C=O) groups is 1. The van der Waals surface area contributed by atoms with E-state index in [1.807, 2.05) is 0 Å². The zero-order valence-electron chi connectivity index (χ0n) is 11.8. The van der Waals surface area contributed by atoms with Crippen LogP contribution >= 0.6 is 22.6 Å². The van der Waals surface area contributed by atoms with E-state index >= 15 is 0 Å². The predicted octanol–water partition coefficient (Wildman–Crippen LogP) is 2.46. The Balaban J connectivity index is 2.36. The molecule has 0 aliphatic rings. The molecule has 1 aromatic heterocycles. The number of rotatable bonds is 8. The van der Waals surface area contributed by atoms with Crippen LogP contribution in [-0.2, 0) is 4.43 Å². The molecule has 1 N–H and O–H groups in total. The third-order valence-electron chi connectivity index (χ3n) is 3.10. The SMILES string of the molecule is CCCCN(C)C(C)CNC(=O)c1cc(CI)on1. The molecule has 0 aliphatic carbocycles. The van der Waals surface area contributed by atoms with Crippen molar-refractivity contribution in [2.24, 2.45) is 0 Å². The van der Waals surface area contributed by atoms with Gasteiger partial charge in [0.25, 0.3) is 5.91 Å². The Bertz CT molecular complexity index is 395. The quantitative estimate of drug-likeness (QED) is 0.557. The number of likely N-dealkylation sites (N-methyl/N-ethyl adjacent to an activating group) is 1. The van der Waals surface area contributed by atoms with E-state index in [0.717, 1.165) is 12.3 Å². The number of hydrogen-bond donors (Lipinski definition) is 1. The topological polar surface area (TPSA) is 58.4 Å². The Labute approximate surface area is 128 Å². The van der Waals surface area contributed by atoms with Crippen LogP contribution in [0, 0.1) is 0 Å². The molecule has 1 rings (SSSR count). The molecule has 19 heavy (non-hydrogen) atoms. The van der Waals surface area contributed by atoms with E-state index in [-0.39, 0.29) is 5.91 Å². The molecule has 0 aliphatic heterocycles. The Morgan fingerprint density at radius 3 is 2.95 bits per heavy atom. The molecule has 6 heteroatoms. The fraction of sp³-hybridized carbons (Fsp3) is 0.692. The number of aromatic nitrogens is 1. The van der Waals surface area contributed by atoms with Gasteiger partial charge in [-0.3, -0.25) is 4.79 Å². The zero-order chi connectivity index (χ0) is 14.3. The summed E-state index contributed by atoms with van der Waals surface area (Å²) in [7, 11) is 2.08. The number of amides is 1. The van der Waals surface area contributed by atoms with Crippen LogP contribution in [0.15, 0.2) is 10.6 Å². The van der Waals surface area contributed by atoms with Gasteiger partial charge < -0.3 is 14.7 Å². The first-order chi connectivity index (χ1) is 9.08. The minimum absolute atomic E-state index is 0.171. The van der Waals surface area contributed by atoms with Gasteiger partial charge in [0.1, 0.15) is 5.76 Å². The van der Waals surface area contributed by atoms with E-state index in [0.29, 0.717) is 22.7 Å². The average Bonchev–Trinajstić information content (AvgIpc) is 2.90. The first-order valence-electron chi connectivity index (χ1n) is 6.58. The van der Waals surface area contributed by atoms with Crippen molar-refractivity contribution in [3.63, 3.8) is 0 Å². The van der Waals surface area contributed by atoms with Gasteiger partial charge >= 0.3 is 0 Å². The van der Waals surface area contributed by atoms with Crippen molar-refractivity contribution in [1.82, 2.24) is 15.4 Å². The minimum atomic E-state index is -0.171. The molecule has 1 aromatic rings. The molecule has 0 radical (unpaired) electrons. The molecule has 0 spiro atoms. The average molecular weight is 379 g/mol. The lowest BCUT2D eigenvalue weighted by Gasteiger charge is -2.24. The Morgan fingerprint density at radius 1 is 1.63 bits per heavy atom. The van der Waals surface area contributed by atoms with E-state index in [2.05, 4.69) is 58.9 Å². The largest absolute Gasteiger partial charge is 0.360 e. The molecular formula is C13H22IN3O2. The molecule has 0 fully saturated rings. The van der Waals surface area contributed by atoms with Crippen LogP contribution in [0.2, 0.25) is 0 Å². The summed E-state index contributed by atoms with van der Waals surface area (Å²) in [5.41, 5.74) is 0.357. The summed E-state index contributed by atoms with van der Waals surface area (Å²) in [6.07, 6.45) is 2.36. The standard InChI is InChI=1S/C13H22IN3O2/c1-4-5-6-17(3)10(2)9-15-13(18)12-7-11(8-14)19-16-12/h7,10H,4-6,8-9H2,1-3H3,(H,15,18). The molecule has 1 heterocycles. The van der Waals surface area contributed by atoms with Gasteiger partial charge in [-0.25, -0.2) is 0 Å². The van der Waals surface area contributed by atoms with Gasteiger partial charge in [-0.15, -0.1) is 0 Å². The van der Waals surface area contributed by atoms with Crippen molar-refractivity contribution in [2.75, 3.05) is 20.1 Å². The number of halogens is 1. The molecule has 0 saturated carbocycles. The highest BCUT2D eigenvalue weighted by Crippen LogP contribution is 2.08. The molecule has 0 bridgehead atoms. The first-order valence-corrected chi connectivity index (χ1v) is 8.11. The predicted molar refractivity (Wildman–Crippen MR) is 83.6 cm³/mol. The van der Waals surface area contributed by atoms with Gasteiger partial charge in [0.2, 0.25) is 0 Å². The number of carbonyl (C=O) groups excluding carboxylic acids is 1. The Kier molecular flexibility index (Phi) is 7.37. The van der Waals surface area contributed by atoms with Crippen LogP contribution in [0.5, 0.6) is 0 Å². The van der Waals surface area contributed by atoms with Gasteiger partial charge in [0.05, 0.1) is 4.43 Å². The van der Waals surface area contributed by atoms with E-state index in [1.54, 1.807) is 6.07 Å². The molecular weight excluding hydrogens is 357 g/mol. The van der Waals surface area contributed by atoms with Crippen LogP contribution in [0.3, 0.4) is 0 Å². The Morgan fingerprint density at radius 2 is 2.37 bits per heavy atom. The summed E-state index contributed by atoms with van der Waals surface area (Å²) in [5, 5.41) is 6.64. The van der Waals surface area contributed by atoms with Gasteiger partial charge in [0.15, 0.2) is 5.69 Å². The lowest BCUT2D eigenvalue weighted by Crippen LogP contribution is -2.40. The van der Waals surface area contributed by atoms with Crippen molar-refractivity contribution in [3.8, 4) is 0 Å². The highest BCUT2D eigenvalue weighted by atomic mass is 127. The third kappa shape index (κ3) is 5.48. The van der Waals surface area contributed by atoms with Crippen molar-refractivity contribution >= 4 is 28.5 Å². The second-order valence-electron chi connectivity index (χ2n) is 4.71. The van der Waals surface area contributed by atoms with E-state index in [4.69, 9.17) is 4.52 Å². The van der Waals surface area contributed by atoms with E-state index in [9.17, 15) is 4.79 Å². The van der Waals surface area contributed by atoms with E-state index in [1.165, 1.54) is 12.8 Å². The summed E-state index contributed by atoms with van der Waals surface area (Å²) >= 11 is 2.17. The van der Waals surface area contributed by atoms with Crippen LogP contribution in [0.1, 0.15) is 42.9 Å². The van der Waals surface area contributed by atoms with Crippen molar-refractivity contribution in [1.29, 1.82) is 0 Å². The summed E-state index contributed by atoms with van der Waals surface area (Å²) < 4.78 is 5.73. The lowest BCUT2D eigenvalue weighted by atomic mass is 10.2. The molecule has 1 atom stereocenters. The molecule has 0 aromatic carbocycles. The third-order valence-corrected chi connectivity index (χ3v) is 3.85. The maximum Gasteiger partial charge on any atom is 0.273 e. The van der Waals surface area contributed by atoms with Crippen LogP contribution < -0.4 is 5.32 Å². The summed E-state index contributed by atoms with van der Waals surface area (Å²) in [4.78, 5) is 14.1. The second kappa shape index (κ2) is 8.52. The van der Waals surface area contributed by atoms with E-state index < -0.39 is 0 Å². The number of hydrogen-bond acceptors (Lipinski definition) is 4. The number of nitrogens with zero attached hydrogens (tertiary/aromatic N) is 2. The smallest absolute Gasteiger partial charge is 0.273 e. The number of alkyl halides is 1. The summed E-state index contributed by atoms with van der Waals surface area (Å²) in [5.74, 6) is 0.550. The van der Waals surface area contributed by atoms with Crippen molar-refractivity contribution in [2.45, 2.75) is 37.2 Å². The molecule has 1 unspecified atom stereocenters. The fourth-order valence-electron chi connectivity index (χ4n) is 1.60. The van der Waals surface area contributed by atoms with Crippen molar-refractivity contribution < 1.29 is 9.32 Å². The molecule has 0 saturated heterocycles. The summed E-state index contributed by atoms with van der Waals surface area (Å²) in [6, 6.07) is 2.00. The van der Waals surface area contributed by atoms with Gasteiger partial charge in [0, 0.05) is 18.7 Å². The van der Waals surface area contributed by atoms with Crippen LogP contribution in [-0.4, -0.2) is 42.1 Å². The Hall–Kier alpha value is -0.630. The molecule has 5 nitrogen and oxygen atoms in total. The fourth-order valence-corrected chi connectivity index (χ4v) is 1.96.